The summed E-state index contributed by atoms with van der Waals surface area (Å²) in [6.07, 6.45) is 6.82. The van der Waals surface area contributed by atoms with Gasteiger partial charge in [0.25, 0.3) is 0 Å². The van der Waals surface area contributed by atoms with Gasteiger partial charge in [-0.3, -0.25) is 0 Å². The standard InChI is InChI=1S/C14H24O/c1-5-10(2)6-13-7-11(3)8-14(9-15)12(13)4/h5,7,12-15H,6,8-9H2,1-4H3. The molecule has 0 aromatic heterocycles. The van der Waals surface area contributed by atoms with Gasteiger partial charge in [0.2, 0.25) is 0 Å². The number of aliphatic hydroxyl groups is 1. The minimum Gasteiger partial charge on any atom is -0.396 e. The van der Waals surface area contributed by atoms with Crippen molar-refractivity contribution < 1.29 is 5.11 Å². The van der Waals surface area contributed by atoms with Crippen LogP contribution < -0.4 is 0 Å². The molecule has 86 valence electrons. The molecule has 1 N–H and O–H groups in total. The van der Waals surface area contributed by atoms with Crippen molar-refractivity contribution in [2.45, 2.75) is 40.5 Å². The number of allylic oxidation sites excluding steroid dienone is 4. The maximum absolute atomic E-state index is 9.35. The summed E-state index contributed by atoms with van der Waals surface area (Å²) in [5.41, 5.74) is 2.90. The Labute approximate surface area is 93.9 Å². The van der Waals surface area contributed by atoms with E-state index in [1.165, 1.54) is 11.1 Å². The minimum atomic E-state index is 0.331. The summed E-state index contributed by atoms with van der Waals surface area (Å²) in [5.74, 6) is 1.69. The third-order valence-corrected chi connectivity index (χ3v) is 3.79. The van der Waals surface area contributed by atoms with Crippen LogP contribution in [0.2, 0.25) is 0 Å². The van der Waals surface area contributed by atoms with Crippen LogP contribution >= 0.6 is 0 Å². The highest BCUT2D eigenvalue weighted by atomic mass is 16.3. The molecular weight excluding hydrogens is 184 g/mol. The quantitative estimate of drug-likeness (QED) is 0.703. The normalized spacial score (nSPS) is 32.7. The van der Waals surface area contributed by atoms with Crippen LogP contribution in [-0.4, -0.2) is 11.7 Å². The van der Waals surface area contributed by atoms with E-state index in [-0.39, 0.29) is 0 Å². The zero-order valence-electron chi connectivity index (χ0n) is 10.5. The molecule has 0 radical (unpaired) electrons. The highest BCUT2D eigenvalue weighted by Gasteiger charge is 2.28. The molecule has 0 saturated carbocycles. The molecule has 1 aliphatic rings. The fourth-order valence-electron chi connectivity index (χ4n) is 2.50. The fourth-order valence-corrected chi connectivity index (χ4v) is 2.50. The third-order valence-electron chi connectivity index (χ3n) is 3.79. The first kappa shape index (κ1) is 12.5. The molecule has 0 amide bonds. The average molecular weight is 208 g/mol. The summed E-state index contributed by atoms with van der Waals surface area (Å²) in [5, 5.41) is 9.35. The molecule has 0 aliphatic heterocycles. The smallest absolute Gasteiger partial charge is 0.0465 e. The zero-order valence-corrected chi connectivity index (χ0v) is 10.5. The summed E-state index contributed by atoms with van der Waals surface area (Å²) < 4.78 is 0. The zero-order chi connectivity index (χ0) is 11.4. The average Bonchev–Trinajstić information content (AvgIpc) is 2.22. The second-order valence-electron chi connectivity index (χ2n) is 5.02. The summed E-state index contributed by atoms with van der Waals surface area (Å²) in [6, 6.07) is 0. The topological polar surface area (TPSA) is 20.2 Å². The molecule has 1 aliphatic carbocycles. The van der Waals surface area contributed by atoms with Crippen LogP contribution in [-0.2, 0) is 0 Å². The second-order valence-corrected chi connectivity index (χ2v) is 5.02. The van der Waals surface area contributed by atoms with Gasteiger partial charge in [0.1, 0.15) is 0 Å². The van der Waals surface area contributed by atoms with Gasteiger partial charge in [0, 0.05) is 6.61 Å². The van der Waals surface area contributed by atoms with Crippen molar-refractivity contribution in [3.05, 3.63) is 23.3 Å². The van der Waals surface area contributed by atoms with Gasteiger partial charge in [0.05, 0.1) is 0 Å². The van der Waals surface area contributed by atoms with Crippen LogP contribution in [0.4, 0.5) is 0 Å². The van der Waals surface area contributed by atoms with Gasteiger partial charge in [-0.2, -0.15) is 0 Å². The molecule has 0 aromatic carbocycles. The third kappa shape index (κ3) is 3.20. The molecule has 1 rings (SSSR count). The number of rotatable bonds is 3. The highest BCUT2D eigenvalue weighted by Crippen LogP contribution is 2.36. The predicted octanol–water partition coefficient (Wildman–Crippen LogP) is 3.55. The van der Waals surface area contributed by atoms with E-state index in [1.54, 1.807) is 0 Å². The van der Waals surface area contributed by atoms with Crippen molar-refractivity contribution in [2.24, 2.45) is 17.8 Å². The molecule has 0 spiro atoms. The lowest BCUT2D eigenvalue weighted by Gasteiger charge is -2.33. The number of aliphatic hydroxyl groups excluding tert-OH is 1. The first-order valence-corrected chi connectivity index (χ1v) is 5.98. The molecule has 3 atom stereocenters. The largest absolute Gasteiger partial charge is 0.396 e. The Morgan fingerprint density at radius 1 is 1.60 bits per heavy atom. The Morgan fingerprint density at radius 3 is 2.80 bits per heavy atom. The van der Waals surface area contributed by atoms with Crippen molar-refractivity contribution in [1.82, 2.24) is 0 Å². The Kier molecular flexibility index (Phi) is 4.59. The maximum Gasteiger partial charge on any atom is 0.0465 e. The van der Waals surface area contributed by atoms with E-state index in [0.717, 1.165) is 12.8 Å². The number of hydrogen-bond donors (Lipinski definition) is 1. The van der Waals surface area contributed by atoms with Gasteiger partial charge in [-0.15, -0.1) is 0 Å². The SMILES string of the molecule is CC=C(C)CC1C=C(C)CC(CO)C1C. The molecule has 0 saturated heterocycles. The Hall–Kier alpha value is -0.560. The first-order valence-electron chi connectivity index (χ1n) is 5.98. The number of hydrogen-bond acceptors (Lipinski definition) is 1. The molecule has 1 nitrogen and oxygen atoms in total. The van der Waals surface area contributed by atoms with Crippen molar-refractivity contribution in [2.75, 3.05) is 6.61 Å². The van der Waals surface area contributed by atoms with E-state index < -0.39 is 0 Å². The highest BCUT2D eigenvalue weighted by molar-refractivity contribution is 5.12. The lowest BCUT2D eigenvalue weighted by Crippen LogP contribution is -2.27. The summed E-state index contributed by atoms with van der Waals surface area (Å²) >= 11 is 0. The fraction of sp³-hybridized carbons (Fsp3) is 0.714. The predicted molar refractivity (Wildman–Crippen MR) is 65.7 cm³/mol. The Balaban J connectivity index is 2.74. The van der Waals surface area contributed by atoms with E-state index in [1.807, 2.05) is 0 Å². The first-order chi connectivity index (χ1) is 7.08. The molecule has 0 aromatic rings. The van der Waals surface area contributed by atoms with Crippen LogP contribution in [0.1, 0.15) is 40.5 Å². The molecule has 0 fully saturated rings. The van der Waals surface area contributed by atoms with Gasteiger partial charge >= 0.3 is 0 Å². The molecule has 0 heterocycles. The van der Waals surface area contributed by atoms with Crippen molar-refractivity contribution >= 4 is 0 Å². The molecule has 1 heteroatoms. The van der Waals surface area contributed by atoms with E-state index in [9.17, 15) is 5.11 Å². The van der Waals surface area contributed by atoms with Crippen molar-refractivity contribution in [3.63, 3.8) is 0 Å². The molecule has 15 heavy (non-hydrogen) atoms. The second kappa shape index (κ2) is 5.50. The van der Waals surface area contributed by atoms with E-state index >= 15 is 0 Å². The van der Waals surface area contributed by atoms with Crippen LogP contribution in [0, 0.1) is 17.8 Å². The van der Waals surface area contributed by atoms with E-state index in [4.69, 9.17) is 0 Å². The van der Waals surface area contributed by atoms with Crippen molar-refractivity contribution in [3.8, 4) is 0 Å². The van der Waals surface area contributed by atoms with E-state index in [0.29, 0.717) is 24.4 Å². The lowest BCUT2D eigenvalue weighted by atomic mass is 9.72. The monoisotopic (exact) mass is 208 g/mol. The Morgan fingerprint density at radius 2 is 2.27 bits per heavy atom. The lowest BCUT2D eigenvalue weighted by molar-refractivity contribution is 0.149. The summed E-state index contributed by atoms with van der Waals surface area (Å²) in [6.45, 7) is 9.09. The summed E-state index contributed by atoms with van der Waals surface area (Å²) in [7, 11) is 0. The molecular formula is C14H24O. The van der Waals surface area contributed by atoms with Crippen molar-refractivity contribution in [1.29, 1.82) is 0 Å². The molecule has 3 unspecified atom stereocenters. The van der Waals surface area contributed by atoms with Gasteiger partial charge in [-0.1, -0.05) is 30.2 Å². The van der Waals surface area contributed by atoms with Crippen LogP contribution in [0.25, 0.3) is 0 Å². The Bertz CT molecular complexity index is 263. The minimum absolute atomic E-state index is 0.331. The van der Waals surface area contributed by atoms with Gasteiger partial charge in [-0.25, -0.2) is 0 Å². The molecule has 0 bridgehead atoms. The van der Waals surface area contributed by atoms with Crippen LogP contribution in [0.5, 0.6) is 0 Å². The van der Waals surface area contributed by atoms with E-state index in [2.05, 4.69) is 39.8 Å². The van der Waals surface area contributed by atoms with Crippen LogP contribution in [0.3, 0.4) is 0 Å². The van der Waals surface area contributed by atoms with Crippen LogP contribution in [0.15, 0.2) is 23.3 Å². The maximum atomic E-state index is 9.35. The summed E-state index contributed by atoms with van der Waals surface area (Å²) in [4.78, 5) is 0. The van der Waals surface area contributed by atoms with Gasteiger partial charge in [0.15, 0.2) is 0 Å². The van der Waals surface area contributed by atoms with Gasteiger partial charge < -0.3 is 5.11 Å². The van der Waals surface area contributed by atoms with Gasteiger partial charge in [-0.05, 0) is 51.4 Å².